The van der Waals surface area contributed by atoms with Crippen molar-refractivity contribution in [2.75, 3.05) is 18.6 Å². The Morgan fingerprint density at radius 3 is 2.42 bits per heavy atom. The van der Waals surface area contributed by atoms with E-state index >= 15 is 0 Å². The van der Waals surface area contributed by atoms with E-state index in [4.69, 9.17) is 27.9 Å². The van der Waals surface area contributed by atoms with Crippen molar-refractivity contribution >= 4 is 40.5 Å². The van der Waals surface area contributed by atoms with Gasteiger partial charge < -0.3 is 9.64 Å². The quantitative estimate of drug-likeness (QED) is 0.506. The van der Waals surface area contributed by atoms with E-state index in [1.165, 1.54) is 7.11 Å². The number of carbonyl (C=O) groups is 1. The number of hydrogen-bond donors (Lipinski definition) is 0. The molecule has 0 spiro atoms. The summed E-state index contributed by atoms with van der Waals surface area (Å²) in [5, 5.41) is 1.11. The maximum Gasteiger partial charge on any atom is 0.310 e. The molecule has 0 aliphatic carbocycles. The van der Waals surface area contributed by atoms with Crippen LogP contribution in [0.3, 0.4) is 0 Å². The second kappa shape index (κ2) is 8.76. The number of anilines is 2. The number of ether oxygens (including phenoxy) is 1. The number of allylic oxidation sites excluding steroid dienone is 1. The van der Waals surface area contributed by atoms with Crippen LogP contribution in [0.1, 0.15) is 12.5 Å². The van der Waals surface area contributed by atoms with Gasteiger partial charge in [-0.05, 0) is 30.7 Å². The molecular weight excluding hydrogens is 345 g/mol. The first-order chi connectivity index (χ1) is 11.6. The molecule has 24 heavy (non-hydrogen) atoms. The average molecular weight is 364 g/mol. The van der Waals surface area contributed by atoms with Gasteiger partial charge in [-0.1, -0.05) is 59.6 Å². The lowest BCUT2D eigenvalue weighted by Gasteiger charge is -2.28. The summed E-state index contributed by atoms with van der Waals surface area (Å²) in [5.41, 5.74) is 2.44. The summed E-state index contributed by atoms with van der Waals surface area (Å²) in [4.78, 5) is 13.7. The minimum absolute atomic E-state index is 0.182. The molecule has 0 fully saturated rings. The van der Waals surface area contributed by atoms with Crippen LogP contribution in [0.15, 0.2) is 54.6 Å². The van der Waals surface area contributed by atoms with Gasteiger partial charge in [0, 0.05) is 12.2 Å². The Morgan fingerprint density at radius 2 is 1.79 bits per heavy atom. The van der Waals surface area contributed by atoms with Crippen molar-refractivity contribution in [3.05, 3.63) is 70.2 Å². The van der Waals surface area contributed by atoms with Crippen molar-refractivity contribution < 1.29 is 9.53 Å². The molecule has 2 aromatic rings. The number of rotatable bonds is 6. The molecule has 0 aliphatic heterocycles. The van der Waals surface area contributed by atoms with Crippen molar-refractivity contribution in [2.45, 2.75) is 13.3 Å². The smallest absolute Gasteiger partial charge is 0.310 e. The van der Waals surface area contributed by atoms with E-state index in [1.54, 1.807) is 12.1 Å². The molecule has 0 bridgehead atoms. The highest BCUT2D eigenvalue weighted by Crippen LogP contribution is 2.39. The first kappa shape index (κ1) is 18.4. The number of hydrogen-bond acceptors (Lipinski definition) is 3. The zero-order chi connectivity index (χ0) is 17.5. The molecular formula is C19H19Cl2NO2. The van der Waals surface area contributed by atoms with E-state index < -0.39 is 0 Å². The summed E-state index contributed by atoms with van der Waals surface area (Å²) in [7, 11) is 1.38. The summed E-state index contributed by atoms with van der Waals surface area (Å²) in [5.74, 6) is -0.293. The molecule has 0 aliphatic rings. The van der Waals surface area contributed by atoms with E-state index in [-0.39, 0.29) is 12.4 Å². The Morgan fingerprint density at radius 1 is 1.12 bits per heavy atom. The summed E-state index contributed by atoms with van der Waals surface area (Å²) >= 11 is 12.8. The zero-order valence-electron chi connectivity index (χ0n) is 13.6. The lowest BCUT2D eigenvalue weighted by atomic mass is 10.1. The lowest BCUT2D eigenvalue weighted by Crippen LogP contribution is -2.20. The number of benzene rings is 2. The van der Waals surface area contributed by atoms with E-state index in [2.05, 4.69) is 0 Å². The van der Waals surface area contributed by atoms with Crippen LogP contribution >= 0.6 is 23.2 Å². The van der Waals surface area contributed by atoms with Gasteiger partial charge in [0.2, 0.25) is 0 Å². The molecule has 0 unspecified atom stereocenters. The number of carbonyl (C=O) groups excluding carboxylic acids is 1. The Balaban J connectivity index is 2.55. The van der Waals surface area contributed by atoms with Crippen LogP contribution in [-0.4, -0.2) is 19.6 Å². The fourth-order valence-corrected chi connectivity index (χ4v) is 3.02. The van der Waals surface area contributed by atoms with Gasteiger partial charge in [0.1, 0.15) is 0 Å². The molecule has 126 valence electrons. The second-order valence-corrected chi connectivity index (χ2v) is 5.95. The minimum atomic E-state index is -0.293. The maximum absolute atomic E-state index is 11.7. The molecule has 0 saturated heterocycles. The van der Waals surface area contributed by atoms with E-state index in [0.717, 1.165) is 16.9 Å². The highest BCUT2D eigenvalue weighted by Gasteiger charge is 2.19. The Hall–Kier alpha value is -1.97. The van der Waals surface area contributed by atoms with Gasteiger partial charge in [0.15, 0.2) is 0 Å². The van der Waals surface area contributed by atoms with Gasteiger partial charge in [-0.25, -0.2) is 0 Å². The third kappa shape index (κ3) is 4.31. The van der Waals surface area contributed by atoms with Crippen molar-refractivity contribution in [1.82, 2.24) is 0 Å². The molecule has 0 N–H and O–H groups in total. The van der Waals surface area contributed by atoms with Gasteiger partial charge in [-0.15, -0.1) is 0 Å². The molecule has 0 saturated carbocycles. The highest BCUT2D eigenvalue weighted by atomic mass is 35.5. The standard InChI is InChI=1S/C19H19Cl2NO2/c1-3-4-12-22(19-15(20)9-7-10-16(19)21)17-11-6-5-8-14(17)13-18(23)24-2/h3-11H,12-13H2,1-2H3/b4-3+. The highest BCUT2D eigenvalue weighted by molar-refractivity contribution is 6.39. The monoisotopic (exact) mass is 363 g/mol. The summed E-state index contributed by atoms with van der Waals surface area (Å²) in [6.07, 6.45) is 4.15. The third-order valence-electron chi connectivity index (χ3n) is 3.58. The van der Waals surface area contributed by atoms with Crippen molar-refractivity contribution in [3.8, 4) is 0 Å². The number of methoxy groups -OCH3 is 1. The van der Waals surface area contributed by atoms with Crippen LogP contribution in [0, 0.1) is 0 Å². The van der Waals surface area contributed by atoms with Crippen LogP contribution in [-0.2, 0) is 16.0 Å². The molecule has 0 heterocycles. The fraction of sp³-hybridized carbons (Fsp3) is 0.211. The number of nitrogens with zero attached hydrogens (tertiary/aromatic N) is 1. The van der Waals surface area contributed by atoms with Gasteiger partial charge >= 0.3 is 5.97 Å². The Bertz CT molecular complexity index is 724. The van der Waals surface area contributed by atoms with Gasteiger partial charge in [0.05, 0.1) is 29.3 Å². The largest absolute Gasteiger partial charge is 0.469 e. The predicted molar refractivity (Wildman–Crippen MR) is 100 cm³/mol. The van der Waals surface area contributed by atoms with Gasteiger partial charge in [-0.2, -0.15) is 0 Å². The van der Waals surface area contributed by atoms with Crippen LogP contribution in [0.4, 0.5) is 11.4 Å². The van der Waals surface area contributed by atoms with Crippen LogP contribution < -0.4 is 4.90 Å². The van der Waals surface area contributed by atoms with E-state index in [1.807, 2.05) is 54.3 Å². The molecule has 0 radical (unpaired) electrons. The van der Waals surface area contributed by atoms with E-state index in [9.17, 15) is 4.79 Å². The molecule has 0 aromatic heterocycles. The van der Waals surface area contributed by atoms with Crippen molar-refractivity contribution in [1.29, 1.82) is 0 Å². The summed E-state index contributed by atoms with van der Waals surface area (Å²) in [6.45, 7) is 2.53. The lowest BCUT2D eigenvalue weighted by molar-refractivity contribution is -0.139. The van der Waals surface area contributed by atoms with Crippen LogP contribution in [0.2, 0.25) is 10.0 Å². The summed E-state index contributed by atoms with van der Waals surface area (Å²) < 4.78 is 4.80. The zero-order valence-corrected chi connectivity index (χ0v) is 15.1. The third-order valence-corrected chi connectivity index (χ3v) is 4.19. The summed E-state index contributed by atoms with van der Waals surface area (Å²) in [6, 6.07) is 13.1. The Kier molecular flexibility index (Phi) is 6.71. The maximum atomic E-state index is 11.7. The molecule has 2 aromatic carbocycles. The van der Waals surface area contributed by atoms with Gasteiger partial charge in [0.25, 0.3) is 0 Å². The average Bonchev–Trinajstić information content (AvgIpc) is 2.58. The molecule has 0 amide bonds. The topological polar surface area (TPSA) is 29.5 Å². The number of halogens is 2. The molecule has 0 atom stereocenters. The van der Waals surface area contributed by atoms with Gasteiger partial charge in [-0.3, -0.25) is 4.79 Å². The number of esters is 1. The second-order valence-electron chi connectivity index (χ2n) is 5.13. The fourth-order valence-electron chi connectivity index (χ4n) is 2.42. The minimum Gasteiger partial charge on any atom is -0.469 e. The molecule has 5 heteroatoms. The molecule has 2 rings (SSSR count). The van der Waals surface area contributed by atoms with Crippen LogP contribution in [0.25, 0.3) is 0 Å². The predicted octanol–water partition coefficient (Wildman–Crippen LogP) is 5.42. The van der Waals surface area contributed by atoms with Crippen molar-refractivity contribution in [2.24, 2.45) is 0 Å². The first-order valence-electron chi connectivity index (χ1n) is 7.56. The van der Waals surface area contributed by atoms with Crippen LogP contribution in [0.5, 0.6) is 0 Å². The normalized spacial score (nSPS) is 10.8. The van der Waals surface area contributed by atoms with Crippen molar-refractivity contribution in [3.63, 3.8) is 0 Å². The SMILES string of the molecule is C/C=C/CN(c1ccccc1CC(=O)OC)c1c(Cl)cccc1Cl. The number of para-hydroxylation sites is 2. The van der Waals surface area contributed by atoms with E-state index in [0.29, 0.717) is 16.6 Å². The first-order valence-corrected chi connectivity index (χ1v) is 8.31. The molecule has 3 nitrogen and oxygen atoms in total. The Labute approximate surface area is 152 Å².